The molecule has 10 nitrogen and oxygen atoms in total. The number of thiophene rings is 2. The summed E-state index contributed by atoms with van der Waals surface area (Å²) in [4.78, 5) is 11.6. The maximum absolute atomic E-state index is 6.14. The van der Waals surface area contributed by atoms with E-state index in [1.807, 2.05) is 46.0 Å². The first-order chi connectivity index (χ1) is 23.3. The predicted octanol–water partition coefficient (Wildman–Crippen LogP) is 8.17. The van der Waals surface area contributed by atoms with Gasteiger partial charge in [-0.1, -0.05) is 34.1 Å². The van der Waals surface area contributed by atoms with Crippen molar-refractivity contribution in [3.63, 3.8) is 0 Å². The Morgan fingerprint density at radius 3 is 1.77 bits per heavy atom. The van der Waals surface area contributed by atoms with Gasteiger partial charge >= 0.3 is 0 Å². The van der Waals surface area contributed by atoms with E-state index in [4.69, 9.17) is 20.9 Å². The number of methoxy groups -OCH3 is 2. The first kappa shape index (κ1) is 33.5. The van der Waals surface area contributed by atoms with Crippen molar-refractivity contribution in [2.45, 2.75) is 20.0 Å². The van der Waals surface area contributed by atoms with Gasteiger partial charge < -0.3 is 20.9 Å². The highest BCUT2D eigenvalue weighted by Crippen LogP contribution is 2.32. The molecule has 0 saturated heterocycles. The number of hydrogen-bond donors (Lipinski definition) is 2. The SMILES string of the molecule is COCCn1cc2c(N)nc3cc(-c4cccs4)ccc3c2n1.COCCn1cc2c(N)nc3cc(Br)ccc3c2n1.Cc1cccs1. The van der Waals surface area contributed by atoms with Crippen LogP contribution in [0.4, 0.5) is 11.6 Å². The summed E-state index contributed by atoms with van der Waals surface area (Å²) in [5, 5.41) is 17.2. The van der Waals surface area contributed by atoms with Gasteiger partial charge in [-0.2, -0.15) is 10.2 Å². The molecule has 0 bridgehead atoms. The average molecular weight is 744 g/mol. The van der Waals surface area contributed by atoms with Crippen molar-refractivity contribution in [3.8, 4) is 10.4 Å². The van der Waals surface area contributed by atoms with Crippen LogP contribution in [0.1, 0.15) is 4.88 Å². The Balaban J connectivity index is 0.000000144. The number of aromatic nitrogens is 6. The predicted molar refractivity (Wildman–Crippen MR) is 203 cm³/mol. The second-order valence-electron chi connectivity index (χ2n) is 10.9. The van der Waals surface area contributed by atoms with Crippen LogP contribution >= 0.6 is 38.6 Å². The molecule has 8 aromatic rings. The molecule has 48 heavy (non-hydrogen) atoms. The van der Waals surface area contributed by atoms with E-state index in [1.165, 1.54) is 9.75 Å². The maximum Gasteiger partial charge on any atom is 0.135 e. The summed E-state index contributed by atoms with van der Waals surface area (Å²) in [6.07, 6.45) is 3.85. The van der Waals surface area contributed by atoms with Gasteiger partial charge in [0.2, 0.25) is 0 Å². The van der Waals surface area contributed by atoms with Crippen LogP contribution in [-0.4, -0.2) is 57.0 Å². The first-order valence-corrected chi connectivity index (χ1v) is 17.7. The molecule has 246 valence electrons. The summed E-state index contributed by atoms with van der Waals surface area (Å²) in [5.74, 6) is 1.02. The van der Waals surface area contributed by atoms with E-state index in [-0.39, 0.29) is 0 Å². The quantitative estimate of drug-likeness (QED) is 0.167. The van der Waals surface area contributed by atoms with Gasteiger partial charge in [0.15, 0.2) is 0 Å². The van der Waals surface area contributed by atoms with Crippen LogP contribution in [-0.2, 0) is 22.6 Å². The zero-order chi connectivity index (χ0) is 33.6. The number of ether oxygens (including phenoxy) is 2. The highest BCUT2D eigenvalue weighted by atomic mass is 79.9. The highest BCUT2D eigenvalue weighted by molar-refractivity contribution is 9.10. The summed E-state index contributed by atoms with van der Waals surface area (Å²) in [6, 6.07) is 20.5. The van der Waals surface area contributed by atoms with Gasteiger partial charge in [-0.3, -0.25) is 9.36 Å². The number of pyridine rings is 2. The largest absolute Gasteiger partial charge is 0.383 e. The summed E-state index contributed by atoms with van der Waals surface area (Å²) in [5.41, 5.74) is 16.8. The number of nitrogens with two attached hydrogens (primary N) is 2. The highest BCUT2D eigenvalue weighted by Gasteiger charge is 2.13. The van der Waals surface area contributed by atoms with Crippen molar-refractivity contribution >= 4 is 93.9 Å². The van der Waals surface area contributed by atoms with Crippen LogP contribution in [0.25, 0.3) is 54.1 Å². The van der Waals surface area contributed by atoms with E-state index in [9.17, 15) is 0 Å². The van der Waals surface area contributed by atoms with Crippen LogP contribution in [0.3, 0.4) is 0 Å². The molecular weight excluding hydrogens is 708 g/mol. The van der Waals surface area contributed by atoms with Gasteiger partial charge in [0.25, 0.3) is 0 Å². The number of anilines is 2. The van der Waals surface area contributed by atoms with E-state index < -0.39 is 0 Å². The van der Waals surface area contributed by atoms with Crippen LogP contribution < -0.4 is 11.5 Å². The van der Waals surface area contributed by atoms with E-state index in [0.29, 0.717) is 37.9 Å². The minimum Gasteiger partial charge on any atom is -0.383 e. The monoisotopic (exact) mass is 742 g/mol. The van der Waals surface area contributed by atoms with Crippen molar-refractivity contribution in [3.05, 3.63) is 93.2 Å². The van der Waals surface area contributed by atoms with Gasteiger partial charge in [-0.25, -0.2) is 9.97 Å². The standard InChI is InChI=1S/C17H16N4OS.C13H13BrN4O.C5H6S/c1-22-7-6-21-10-13-16(20-21)12-5-4-11(15-3-2-8-23-15)9-14(12)19-17(13)18;1-19-5-4-18-7-10-12(17-18)9-3-2-8(14)6-11(9)16-13(10)15;1-5-3-2-4-6-5/h2-5,8-10H,6-7H2,1H3,(H2,18,19);2-3,6-7H,4-5H2,1H3,(H2,15,16);2-4H,1H3. The third-order valence-electron chi connectivity index (χ3n) is 7.54. The summed E-state index contributed by atoms with van der Waals surface area (Å²) >= 11 is 6.93. The van der Waals surface area contributed by atoms with E-state index >= 15 is 0 Å². The zero-order valence-corrected chi connectivity index (χ0v) is 30.0. The van der Waals surface area contributed by atoms with E-state index in [2.05, 4.69) is 90.2 Å². The van der Waals surface area contributed by atoms with Crippen molar-refractivity contribution in [2.75, 3.05) is 38.9 Å². The Morgan fingerprint density at radius 2 is 1.27 bits per heavy atom. The Morgan fingerprint density at radius 1 is 0.708 bits per heavy atom. The van der Waals surface area contributed by atoms with E-state index in [1.54, 1.807) is 36.9 Å². The normalized spacial score (nSPS) is 11.2. The van der Waals surface area contributed by atoms with Crippen LogP contribution in [0.2, 0.25) is 0 Å². The lowest BCUT2D eigenvalue weighted by Gasteiger charge is -2.03. The molecule has 6 heterocycles. The topological polar surface area (TPSA) is 132 Å². The number of hydrogen-bond acceptors (Lipinski definition) is 10. The Labute approximate surface area is 294 Å². The van der Waals surface area contributed by atoms with Crippen LogP contribution in [0.15, 0.2) is 88.3 Å². The van der Waals surface area contributed by atoms with Crippen molar-refractivity contribution in [2.24, 2.45) is 0 Å². The molecule has 0 atom stereocenters. The number of fused-ring (bicyclic) bond motifs is 6. The van der Waals surface area contributed by atoms with Gasteiger partial charge in [0.05, 0.1) is 48.1 Å². The number of nitrogen functional groups attached to an aromatic ring is 2. The first-order valence-electron chi connectivity index (χ1n) is 15.1. The fraction of sp³-hybridized carbons (Fsp3) is 0.200. The molecule has 8 rings (SSSR count). The lowest BCUT2D eigenvalue weighted by Crippen LogP contribution is -2.03. The molecule has 0 unspecified atom stereocenters. The van der Waals surface area contributed by atoms with Gasteiger partial charge in [0, 0.05) is 51.6 Å². The molecule has 2 aromatic carbocycles. The Kier molecular flexibility index (Phi) is 10.6. The molecule has 0 amide bonds. The molecule has 13 heteroatoms. The lowest BCUT2D eigenvalue weighted by atomic mass is 10.1. The number of aryl methyl sites for hydroxylation is 1. The van der Waals surface area contributed by atoms with Gasteiger partial charge in [-0.15, -0.1) is 22.7 Å². The zero-order valence-electron chi connectivity index (χ0n) is 26.8. The number of rotatable bonds is 7. The lowest BCUT2D eigenvalue weighted by molar-refractivity contribution is 0.183. The minimum absolute atomic E-state index is 0.504. The summed E-state index contributed by atoms with van der Waals surface area (Å²) in [6.45, 7) is 4.72. The second kappa shape index (κ2) is 15.2. The molecule has 0 aliphatic rings. The molecular formula is C35H35BrN8O2S2. The molecule has 0 spiro atoms. The van der Waals surface area contributed by atoms with Crippen molar-refractivity contribution in [1.29, 1.82) is 0 Å². The summed E-state index contributed by atoms with van der Waals surface area (Å²) in [7, 11) is 3.35. The van der Waals surface area contributed by atoms with Gasteiger partial charge in [0.1, 0.15) is 22.7 Å². The molecule has 0 fully saturated rings. The van der Waals surface area contributed by atoms with Crippen LogP contribution in [0, 0.1) is 6.92 Å². The molecule has 0 saturated carbocycles. The maximum atomic E-state index is 6.14. The third-order valence-corrected chi connectivity index (χ3v) is 9.76. The van der Waals surface area contributed by atoms with Crippen molar-refractivity contribution < 1.29 is 9.47 Å². The second-order valence-corrected chi connectivity index (χ2v) is 13.9. The molecule has 6 aromatic heterocycles. The molecule has 0 aliphatic heterocycles. The smallest absolute Gasteiger partial charge is 0.135 e. The van der Waals surface area contributed by atoms with Crippen molar-refractivity contribution in [1.82, 2.24) is 29.5 Å². The fourth-order valence-corrected chi connectivity index (χ4v) is 6.77. The number of benzene rings is 2. The summed E-state index contributed by atoms with van der Waals surface area (Å²) < 4.78 is 14.8. The molecule has 4 N–H and O–H groups in total. The van der Waals surface area contributed by atoms with Crippen LogP contribution in [0.5, 0.6) is 0 Å². The fourth-order valence-electron chi connectivity index (χ4n) is 5.17. The Hall–Kier alpha value is -4.40. The molecule has 0 radical (unpaired) electrons. The van der Waals surface area contributed by atoms with E-state index in [0.717, 1.165) is 53.6 Å². The minimum atomic E-state index is 0.504. The number of halogens is 1. The van der Waals surface area contributed by atoms with Gasteiger partial charge in [-0.05, 0) is 65.7 Å². The third kappa shape index (κ3) is 7.50. The molecule has 0 aliphatic carbocycles. The average Bonchev–Trinajstić information content (AvgIpc) is 3.91. The number of nitrogens with zero attached hydrogens (tertiary/aromatic N) is 6. The Bertz CT molecular complexity index is 2280.